The van der Waals surface area contributed by atoms with Gasteiger partial charge in [-0.1, -0.05) is 12.1 Å². The molecule has 0 unspecified atom stereocenters. The predicted octanol–water partition coefficient (Wildman–Crippen LogP) is 2.80. The normalized spacial score (nSPS) is 10.7. The second kappa shape index (κ2) is 10.6. The van der Waals surface area contributed by atoms with Gasteiger partial charge in [0.25, 0.3) is 5.91 Å². The number of hydrazone groups is 1. The van der Waals surface area contributed by atoms with Crippen LogP contribution in [0.3, 0.4) is 0 Å². The molecule has 0 saturated carbocycles. The van der Waals surface area contributed by atoms with Gasteiger partial charge < -0.3 is 15.2 Å². The van der Waals surface area contributed by atoms with Crippen LogP contribution in [0.2, 0.25) is 0 Å². The summed E-state index contributed by atoms with van der Waals surface area (Å²) >= 11 is 1.97. The van der Waals surface area contributed by atoms with E-state index in [0.717, 1.165) is 0 Å². The third-order valence-electron chi connectivity index (χ3n) is 3.51. The maximum absolute atomic E-state index is 13.5. The van der Waals surface area contributed by atoms with E-state index in [2.05, 4.69) is 15.8 Å². The fourth-order valence-electron chi connectivity index (χ4n) is 2.20. The van der Waals surface area contributed by atoms with Crippen molar-refractivity contribution in [3.05, 3.63) is 56.9 Å². The molecule has 0 aliphatic carbocycles. The lowest BCUT2D eigenvalue weighted by molar-refractivity contribution is -0.120. The van der Waals surface area contributed by atoms with Gasteiger partial charge in [0.15, 0.2) is 11.5 Å². The van der Waals surface area contributed by atoms with Crippen molar-refractivity contribution in [3.63, 3.8) is 0 Å². The Morgan fingerprint density at radius 1 is 1.32 bits per heavy atom. The quantitative estimate of drug-likeness (QED) is 0.296. The standard InChI is InChI=1S/C19H19FIN3O4/c1-2-28-16-10-12(9-15(21)18(16)26)11-23-24-17(25)7-8-22-19(27)13-5-3-4-6-14(13)20/h3-6,9-11,26H,2,7-8H2,1H3,(H,22,27)(H,24,25). The highest BCUT2D eigenvalue weighted by atomic mass is 127. The van der Waals surface area contributed by atoms with Gasteiger partial charge in [0.1, 0.15) is 5.82 Å². The largest absolute Gasteiger partial charge is 0.504 e. The summed E-state index contributed by atoms with van der Waals surface area (Å²) in [6, 6.07) is 8.89. The van der Waals surface area contributed by atoms with Gasteiger partial charge in [-0.25, -0.2) is 9.82 Å². The number of rotatable bonds is 8. The van der Waals surface area contributed by atoms with Crippen LogP contribution in [0.15, 0.2) is 41.5 Å². The van der Waals surface area contributed by atoms with Crippen LogP contribution >= 0.6 is 22.6 Å². The highest BCUT2D eigenvalue weighted by Gasteiger charge is 2.11. The number of ether oxygens (including phenoxy) is 1. The minimum Gasteiger partial charge on any atom is -0.504 e. The second-order valence-electron chi connectivity index (χ2n) is 5.56. The number of hydrogen-bond donors (Lipinski definition) is 3. The van der Waals surface area contributed by atoms with Crippen molar-refractivity contribution in [1.29, 1.82) is 0 Å². The molecule has 3 N–H and O–H groups in total. The molecule has 0 fully saturated rings. The molecule has 0 aliphatic rings. The molecule has 2 rings (SSSR count). The topological polar surface area (TPSA) is 100 Å². The van der Waals surface area contributed by atoms with Crippen LogP contribution in [0.5, 0.6) is 11.5 Å². The number of aromatic hydroxyl groups is 1. The van der Waals surface area contributed by atoms with E-state index in [9.17, 15) is 19.1 Å². The number of phenolic OH excluding ortho intramolecular Hbond substituents is 1. The summed E-state index contributed by atoms with van der Waals surface area (Å²) in [5.41, 5.74) is 2.90. The van der Waals surface area contributed by atoms with E-state index in [0.29, 0.717) is 21.5 Å². The van der Waals surface area contributed by atoms with E-state index in [1.807, 2.05) is 22.6 Å². The summed E-state index contributed by atoms with van der Waals surface area (Å²) < 4.78 is 19.4. The van der Waals surface area contributed by atoms with Crippen molar-refractivity contribution in [2.45, 2.75) is 13.3 Å². The van der Waals surface area contributed by atoms with Gasteiger partial charge in [-0.05, 0) is 59.3 Å². The van der Waals surface area contributed by atoms with Crippen LogP contribution in [-0.4, -0.2) is 36.3 Å². The number of benzene rings is 2. The molecule has 0 aromatic heterocycles. The molecule has 9 heteroatoms. The lowest BCUT2D eigenvalue weighted by atomic mass is 10.2. The molecule has 0 heterocycles. The van der Waals surface area contributed by atoms with Gasteiger partial charge in [0.2, 0.25) is 5.91 Å². The third-order valence-corrected chi connectivity index (χ3v) is 4.33. The molecular weight excluding hydrogens is 480 g/mol. The number of nitrogens with one attached hydrogen (secondary N) is 2. The van der Waals surface area contributed by atoms with Crippen molar-refractivity contribution < 1.29 is 23.8 Å². The summed E-state index contributed by atoms with van der Waals surface area (Å²) in [4.78, 5) is 23.6. The number of nitrogens with zero attached hydrogens (tertiary/aromatic N) is 1. The van der Waals surface area contributed by atoms with Crippen molar-refractivity contribution >= 4 is 40.6 Å². The maximum atomic E-state index is 13.5. The zero-order chi connectivity index (χ0) is 20.5. The highest BCUT2D eigenvalue weighted by Crippen LogP contribution is 2.32. The van der Waals surface area contributed by atoms with E-state index in [4.69, 9.17) is 4.74 Å². The fraction of sp³-hybridized carbons (Fsp3) is 0.211. The zero-order valence-electron chi connectivity index (χ0n) is 15.0. The Morgan fingerprint density at radius 2 is 2.07 bits per heavy atom. The summed E-state index contributed by atoms with van der Waals surface area (Å²) in [5, 5.41) is 16.2. The van der Waals surface area contributed by atoms with Gasteiger partial charge in [-0.3, -0.25) is 9.59 Å². The Hall–Kier alpha value is -2.69. The van der Waals surface area contributed by atoms with Crippen LogP contribution in [0.25, 0.3) is 0 Å². The van der Waals surface area contributed by atoms with Gasteiger partial charge in [0.05, 0.1) is 22.0 Å². The summed E-state index contributed by atoms with van der Waals surface area (Å²) in [6.07, 6.45) is 1.40. The molecule has 0 aliphatic heterocycles. The molecule has 2 amide bonds. The second-order valence-corrected chi connectivity index (χ2v) is 6.72. The number of halogens is 2. The van der Waals surface area contributed by atoms with Crippen molar-refractivity contribution in [1.82, 2.24) is 10.7 Å². The highest BCUT2D eigenvalue weighted by molar-refractivity contribution is 14.1. The van der Waals surface area contributed by atoms with E-state index in [1.54, 1.807) is 25.1 Å². The van der Waals surface area contributed by atoms with Crippen LogP contribution in [-0.2, 0) is 4.79 Å². The van der Waals surface area contributed by atoms with Crippen molar-refractivity contribution in [2.75, 3.05) is 13.2 Å². The SMILES string of the molecule is CCOc1cc(C=NNC(=O)CCNC(=O)c2ccccc2F)cc(I)c1O. The third kappa shape index (κ3) is 6.19. The van der Waals surface area contributed by atoms with Crippen LogP contribution in [0.4, 0.5) is 4.39 Å². The molecule has 28 heavy (non-hydrogen) atoms. The average molecular weight is 499 g/mol. The first-order valence-electron chi connectivity index (χ1n) is 8.42. The minimum atomic E-state index is -0.621. The first-order valence-corrected chi connectivity index (χ1v) is 9.50. The molecular formula is C19H19FIN3O4. The minimum absolute atomic E-state index is 0.0190. The molecule has 148 valence electrons. The Labute approximate surface area is 175 Å². The lowest BCUT2D eigenvalue weighted by Crippen LogP contribution is -2.29. The Kier molecular flexibility index (Phi) is 8.18. The average Bonchev–Trinajstić information content (AvgIpc) is 2.66. The molecule has 0 radical (unpaired) electrons. The van der Waals surface area contributed by atoms with Gasteiger partial charge in [-0.15, -0.1) is 0 Å². The monoisotopic (exact) mass is 499 g/mol. The summed E-state index contributed by atoms with van der Waals surface area (Å²) in [7, 11) is 0. The summed E-state index contributed by atoms with van der Waals surface area (Å²) in [5.74, 6) is -1.24. The number of carbonyl (C=O) groups is 2. The first-order chi connectivity index (χ1) is 13.4. The number of carbonyl (C=O) groups excluding carboxylic acids is 2. The zero-order valence-corrected chi connectivity index (χ0v) is 17.2. The van der Waals surface area contributed by atoms with E-state index in [1.165, 1.54) is 24.4 Å². The molecule has 0 bridgehead atoms. The molecule has 0 saturated heterocycles. The van der Waals surface area contributed by atoms with Crippen LogP contribution < -0.4 is 15.5 Å². The number of amides is 2. The lowest BCUT2D eigenvalue weighted by Gasteiger charge is -2.08. The van der Waals surface area contributed by atoms with Gasteiger partial charge in [0, 0.05) is 13.0 Å². The smallest absolute Gasteiger partial charge is 0.254 e. The Bertz CT molecular complexity index is 889. The maximum Gasteiger partial charge on any atom is 0.254 e. The molecule has 2 aromatic carbocycles. The van der Waals surface area contributed by atoms with Gasteiger partial charge in [-0.2, -0.15) is 5.10 Å². The Balaban J connectivity index is 1.82. The van der Waals surface area contributed by atoms with Gasteiger partial charge >= 0.3 is 0 Å². The van der Waals surface area contributed by atoms with E-state index in [-0.39, 0.29) is 24.3 Å². The number of hydrogen-bond acceptors (Lipinski definition) is 5. The molecule has 0 atom stereocenters. The molecule has 7 nitrogen and oxygen atoms in total. The first kappa shape index (κ1) is 21.6. The van der Waals surface area contributed by atoms with Crippen molar-refractivity contribution in [3.8, 4) is 11.5 Å². The summed E-state index contributed by atoms with van der Waals surface area (Å²) in [6.45, 7) is 2.25. The van der Waals surface area contributed by atoms with E-state index < -0.39 is 17.6 Å². The van der Waals surface area contributed by atoms with Crippen LogP contribution in [0, 0.1) is 9.39 Å². The van der Waals surface area contributed by atoms with E-state index >= 15 is 0 Å². The fourth-order valence-corrected chi connectivity index (χ4v) is 2.82. The molecule has 2 aromatic rings. The van der Waals surface area contributed by atoms with Crippen LogP contribution in [0.1, 0.15) is 29.3 Å². The molecule has 0 spiro atoms. The predicted molar refractivity (Wildman–Crippen MR) is 111 cm³/mol. The number of phenols is 1. The Morgan fingerprint density at radius 3 is 2.79 bits per heavy atom. The van der Waals surface area contributed by atoms with Crippen molar-refractivity contribution in [2.24, 2.45) is 5.10 Å².